The van der Waals surface area contributed by atoms with Crippen molar-refractivity contribution in [1.29, 1.82) is 0 Å². The zero-order chi connectivity index (χ0) is 17.5. The van der Waals surface area contributed by atoms with Gasteiger partial charge in [0.1, 0.15) is 0 Å². The third-order valence-electron chi connectivity index (χ3n) is 3.33. The van der Waals surface area contributed by atoms with Gasteiger partial charge in [0.15, 0.2) is 0 Å². The van der Waals surface area contributed by atoms with Crippen LogP contribution in [0.3, 0.4) is 0 Å². The van der Waals surface area contributed by atoms with Crippen molar-refractivity contribution in [2.45, 2.75) is 31.5 Å². The highest BCUT2D eigenvalue weighted by Crippen LogP contribution is 2.14. The molecule has 0 saturated carbocycles. The van der Waals surface area contributed by atoms with Crippen molar-refractivity contribution < 1.29 is 9.59 Å². The zero-order valence-electron chi connectivity index (χ0n) is 13.8. The summed E-state index contributed by atoms with van der Waals surface area (Å²) in [7, 11) is 1.71. The molecule has 0 spiro atoms. The number of nitrogens with zero attached hydrogens (tertiary/aromatic N) is 4. The Kier molecular flexibility index (Phi) is 6.30. The molecule has 0 fully saturated rings. The SMILES string of the molecule is CC[C@H](C)NC(=O)c1ccc(NC(=O)CSc2nnnn2C)cc1. The first-order chi connectivity index (χ1) is 11.5. The molecular formula is C15H20N6O2S. The molecule has 0 saturated heterocycles. The van der Waals surface area contributed by atoms with Crippen LogP contribution >= 0.6 is 11.8 Å². The van der Waals surface area contributed by atoms with Crippen molar-refractivity contribution in [3.63, 3.8) is 0 Å². The number of aromatic nitrogens is 4. The van der Waals surface area contributed by atoms with E-state index in [1.165, 1.54) is 16.4 Å². The van der Waals surface area contributed by atoms with E-state index in [0.29, 0.717) is 16.4 Å². The van der Waals surface area contributed by atoms with Crippen LogP contribution in [0.5, 0.6) is 0 Å². The minimum atomic E-state index is -0.167. The van der Waals surface area contributed by atoms with E-state index in [4.69, 9.17) is 0 Å². The summed E-state index contributed by atoms with van der Waals surface area (Å²) in [4.78, 5) is 23.9. The number of carbonyl (C=O) groups excluding carboxylic acids is 2. The second-order valence-electron chi connectivity index (χ2n) is 5.28. The molecule has 2 rings (SSSR count). The monoisotopic (exact) mass is 348 g/mol. The Bertz CT molecular complexity index is 700. The van der Waals surface area contributed by atoms with Gasteiger partial charge in [-0.05, 0) is 48.0 Å². The van der Waals surface area contributed by atoms with Crippen LogP contribution < -0.4 is 10.6 Å². The number of rotatable bonds is 7. The van der Waals surface area contributed by atoms with E-state index in [1.807, 2.05) is 13.8 Å². The number of hydrogen-bond donors (Lipinski definition) is 2. The molecule has 0 bridgehead atoms. The minimum absolute atomic E-state index is 0.118. The number of benzene rings is 1. The average molecular weight is 348 g/mol. The van der Waals surface area contributed by atoms with Gasteiger partial charge in [0.05, 0.1) is 5.75 Å². The van der Waals surface area contributed by atoms with Crippen LogP contribution in [0.25, 0.3) is 0 Å². The van der Waals surface area contributed by atoms with Crippen LogP contribution in [0.4, 0.5) is 5.69 Å². The molecule has 0 radical (unpaired) electrons. The summed E-state index contributed by atoms with van der Waals surface area (Å²) in [6.45, 7) is 3.97. The summed E-state index contributed by atoms with van der Waals surface area (Å²) in [6.07, 6.45) is 0.874. The van der Waals surface area contributed by atoms with Gasteiger partial charge >= 0.3 is 0 Å². The largest absolute Gasteiger partial charge is 0.350 e. The van der Waals surface area contributed by atoms with E-state index in [9.17, 15) is 9.59 Å². The molecule has 128 valence electrons. The van der Waals surface area contributed by atoms with Crippen LogP contribution in [0, 0.1) is 0 Å². The summed E-state index contributed by atoms with van der Waals surface area (Å²) >= 11 is 1.25. The highest BCUT2D eigenvalue weighted by atomic mass is 32.2. The summed E-state index contributed by atoms with van der Waals surface area (Å²) in [6, 6.07) is 6.92. The van der Waals surface area contributed by atoms with Crippen molar-refractivity contribution in [3.05, 3.63) is 29.8 Å². The average Bonchev–Trinajstić information content (AvgIpc) is 2.98. The lowest BCUT2D eigenvalue weighted by molar-refractivity contribution is -0.113. The van der Waals surface area contributed by atoms with E-state index in [1.54, 1.807) is 31.3 Å². The Morgan fingerprint density at radius 1 is 1.29 bits per heavy atom. The number of amides is 2. The standard InChI is InChI=1S/C15H20N6O2S/c1-4-10(2)16-14(23)11-5-7-12(8-6-11)17-13(22)9-24-15-18-19-20-21(15)3/h5-8,10H,4,9H2,1-3H3,(H,16,23)(H,17,22)/t10-/m0/s1. The van der Waals surface area contributed by atoms with Crippen LogP contribution in [0.2, 0.25) is 0 Å². The molecule has 0 aliphatic rings. The maximum atomic E-state index is 12.0. The Hall–Kier alpha value is -2.42. The maximum Gasteiger partial charge on any atom is 0.251 e. The zero-order valence-corrected chi connectivity index (χ0v) is 14.6. The molecule has 1 aromatic carbocycles. The number of hydrogen-bond acceptors (Lipinski definition) is 6. The van der Waals surface area contributed by atoms with Crippen LogP contribution in [0.15, 0.2) is 29.4 Å². The van der Waals surface area contributed by atoms with Gasteiger partial charge in [-0.25, -0.2) is 4.68 Å². The molecule has 2 amide bonds. The molecule has 9 heteroatoms. The molecule has 2 aromatic rings. The third kappa shape index (κ3) is 5.05. The smallest absolute Gasteiger partial charge is 0.251 e. The number of thioether (sulfide) groups is 1. The number of nitrogens with one attached hydrogen (secondary N) is 2. The quantitative estimate of drug-likeness (QED) is 0.735. The molecule has 24 heavy (non-hydrogen) atoms. The van der Waals surface area contributed by atoms with Crippen molar-refractivity contribution in [2.75, 3.05) is 11.1 Å². The maximum absolute atomic E-state index is 12.0. The van der Waals surface area contributed by atoms with Crippen molar-refractivity contribution >= 4 is 29.3 Å². The second kappa shape index (κ2) is 8.44. The topological polar surface area (TPSA) is 102 Å². The Balaban J connectivity index is 1.85. The molecule has 1 heterocycles. The van der Waals surface area contributed by atoms with Crippen LogP contribution in [-0.2, 0) is 11.8 Å². The Labute approximate surface area is 144 Å². The van der Waals surface area contributed by atoms with Gasteiger partial charge in [0.2, 0.25) is 11.1 Å². The highest BCUT2D eigenvalue weighted by molar-refractivity contribution is 7.99. The minimum Gasteiger partial charge on any atom is -0.350 e. The third-order valence-corrected chi connectivity index (χ3v) is 4.34. The fourth-order valence-corrected chi connectivity index (χ4v) is 2.43. The second-order valence-corrected chi connectivity index (χ2v) is 6.22. The summed E-state index contributed by atoms with van der Waals surface area (Å²) in [5, 5.41) is 17.2. The molecule has 1 atom stereocenters. The van der Waals surface area contributed by atoms with Crippen molar-refractivity contribution in [3.8, 4) is 0 Å². The molecular weight excluding hydrogens is 328 g/mol. The molecule has 0 unspecified atom stereocenters. The number of tetrazole rings is 1. The van der Waals surface area contributed by atoms with Crippen molar-refractivity contribution in [1.82, 2.24) is 25.5 Å². The van der Waals surface area contributed by atoms with Crippen LogP contribution in [-0.4, -0.2) is 43.8 Å². The fourth-order valence-electron chi connectivity index (χ4n) is 1.78. The van der Waals surface area contributed by atoms with Gasteiger partial charge in [-0.1, -0.05) is 18.7 Å². The lowest BCUT2D eigenvalue weighted by Gasteiger charge is -2.11. The molecule has 0 aliphatic heterocycles. The number of aryl methyl sites for hydroxylation is 1. The first kappa shape index (κ1) is 17.9. The predicted octanol–water partition coefficient (Wildman–Crippen LogP) is 1.47. The summed E-state index contributed by atoms with van der Waals surface area (Å²) < 4.78 is 1.50. The van der Waals surface area contributed by atoms with Gasteiger partial charge < -0.3 is 10.6 Å². The number of anilines is 1. The first-order valence-corrected chi connectivity index (χ1v) is 8.54. The predicted molar refractivity (Wildman–Crippen MR) is 91.8 cm³/mol. The van der Waals surface area contributed by atoms with E-state index in [-0.39, 0.29) is 23.6 Å². The molecule has 8 nitrogen and oxygen atoms in total. The summed E-state index contributed by atoms with van der Waals surface area (Å²) in [5.74, 6) is -0.0860. The van der Waals surface area contributed by atoms with Gasteiger partial charge in [0.25, 0.3) is 5.91 Å². The van der Waals surface area contributed by atoms with E-state index in [0.717, 1.165) is 6.42 Å². The molecule has 0 aliphatic carbocycles. The van der Waals surface area contributed by atoms with Crippen molar-refractivity contribution in [2.24, 2.45) is 7.05 Å². The lowest BCUT2D eigenvalue weighted by atomic mass is 10.1. The van der Waals surface area contributed by atoms with E-state index >= 15 is 0 Å². The highest BCUT2D eigenvalue weighted by Gasteiger charge is 2.10. The van der Waals surface area contributed by atoms with Gasteiger partial charge in [-0.3, -0.25) is 9.59 Å². The van der Waals surface area contributed by atoms with Gasteiger partial charge in [0, 0.05) is 24.3 Å². The summed E-state index contributed by atoms with van der Waals surface area (Å²) in [5.41, 5.74) is 1.20. The Morgan fingerprint density at radius 2 is 2.00 bits per heavy atom. The fraction of sp³-hybridized carbons (Fsp3) is 0.400. The Morgan fingerprint density at radius 3 is 2.58 bits per heavy atom. The molecule has 2 N–H and O–H groups in total. The normalized spacial score (nSPS) is 11.8. The van der Waals surface area contributed by atoms with E-state index in [2.05, 4.69) is 26.2 Å². The lowest BCUT2D eigenvalue weighted by Crippen LogP contribution is -2.31. The first-order valence-electron chi connectivity index (χ1n) is 7.55. The van der Waals surface area contributed by atoms with E-state index < -0.39 is 0 Å². The molecule has 1 aromatic heterocycles. The van der Waals surface area contributed by atoms with Gasteiger partial charge in [-0.2, -0.15) is 0 Å². The van der Waals surface area contributed by atoms with Gasteiger partial charge in [-0.15, -0.1) is 5.10 Å². The number of carbonyl (C=O) groups is 2. The van der Waals surface area contributed by atoms with Crippen LogP contribution in [0.1, 0.15) is 30.6 Å².